The number of benzene rings is 5. The monoisotopic (exact) mass is 503 g/mol. The van der Waals surface area contributed by atoms with Crippen molar-refractivity contribution in [2.24, 2.45) is 23.7 Å². The van der Waals surface area contributed by atoms with Gasteiger partial charge in [-0.25, -0.2) is 0 Å². The molecule has 0 amide bonds. The van der Waals surface area contributed by atoms with Crippen molar-refractivity contribution in [1.82, 2.24) is 0 Å². The molecular weight excluding hydrogens is 470 g/mol. The fraction of sp³-hybridized carbons (Fsp3) is 0.263. The summed E-state index contributed by atoms with van der Waals surface area (Å²) < 4.78 is 0. The van der Waals surface area contributed by atoms with Gasteiger partial charge in [0.25, 0.3) is 0 Å². The molecule has 5 aromatic carbocycles. The molecule has 0 radical (unpaired) electrons. The largest absolute Gasteiger partial charge is 0.310 e. The van der Waals surface area contributed by atoms with E-state index in [1.165, 1.54) is 71.1 Å². The van der Waals surface area contributed by atoms with Crippen LogP contribution in [0.1, 0.15) is 43.2 Å². The van der Waals surface area contributed by atoms with Crippen LogP contribution in [-0.4, -0.2) is 0 Å². The van der Waals surface area contributed by atoms with Gasteiger partial charge in [-0.05, 0) is 125 Å². The zero-order valence-corrected chi connectivity index (χ0v) is 22.3. The number of fused-ring (bicyclic) bond motifs is 4. The minimum atomic E-state index is 0.221. The van der Waals surface area contributed by atoms with Gasteiger partial charge >= 0.3 is 0 Å². The Morgan fingerprint density at radius 1 is 0.462 bits per heavy atom. The molecule has 1 heteroatoms. The number of hydrogen-bond donors (Lipinski definition) is 0. The number of para-hydroxylation sites is 1. The van der Waals surface area contributed by atoms with E-state index in [4.69, 9.17) is 0 Å². The topological polar surface area (TPSA) is 3.24 Å². The molecule has 0 aliphatic heterocycles. The lowest BCUT2D eigenvalue weighted by atomic mass is 9.43. The van der Waals surface area contributed by atoms with E-state index in [2.05, 4.69) is 120 Å². The molecule has 1 spiro atoms. The molecule has 0 saturated heterocycles. The van der Waals surface area contributed by atoms with Crippen molar-refractivity contribution in [1.29, 1.82) is 0 Å². The number of anilines is 3. The number of nitrogens with zero attached hydrogens (tertiary/aromatic N) is 1. The third-order valence-electron chi connectivity index (χ3n) is 10.8. The van der Waals surface area contributed by atoms with Crippen LogP contribution in [0.2, 0.25) is 0 Å². The Morgan fingerprint density at radius 3 is 1.87 bits per heavy atom. The second-order valence-electron chi connectivity index (χ2n) is 12.7. The Balaban J connectivity index is 1.25. The van der Waals surface area contributed by atoms with Gasteiger partial charge in [0.05, 0.1) is 0 Å². The summed E-state index contributed by atoms with van der Waals surface area (Å²) in [5, 5.41) is 2.55. The van der Waals surface area contributed by atoms with E-state index >= 15 is 0 Å². The normalized spacial score (nSPS) is 27.6. The second kappa shape index (κ2) is 8.09. The highest BCUT2D eigenvalue weighted by Crippen LogP contribution is 2.69. The summed E-state index contributed by atoms with van der Waals surface area (Å²) in [6, 6.07) is 43.3. The minimum Gasteiger partial charge on any atom is -0.310 e. The maximum Gasteiger partial charge on any atom is 0.0468 e. The van der Waals surface area contributed by atoms with E-state index < -0.39 is 0 Å². The first-order chi connectivity index (χ1) is 19.3. The van der Waals surface area contributed by atoms with Crippen LogP contribution in [0.25, 0.3) is 21.9 Å². The molecule has 5 aliphatic rings. The molecule has 190 valence electrons. The van der Waals surface area contributed by atoms with E-state index in [1.807, 2.05) is 0 Å². The zero-order chi connectivity index (χ0) is 25.6. The fourth-order valence-electron chi connectivity index (χ4n) is 9.63. The predicted molar refractivity (Wildman–Crippen MR) is 162 cm³/mol. The first kappa shape index (κ1) is 22.0. The van der Waals surface area contributed by atoms with Gasteiger partial charge in [-0.3, -0.25) is 0 Å². The summed E-state index contributed by atoms with van der Waals surface area (Å²) in [6.07, 6.45) is 7.20. The smallest absolute Gasteiger partial charge is 0.0468 e. The number of rotatable bonds is 3. The van der Waals surface area contributed by atoms with Crippen LogP contribution in [-0.2, 0) is 5.41 Å². The van der Waals surface area contributed by atoms with Crippen molar-refractivity contribution >= 4 is 27.8 Å². The van der Waals surface area contributed by atoms with Crippen molar-refractivity contribution in [2.45, 2.75) is 37.5 Å². The number of hydrogen-bond acceptors (Lipinski definition) is 1. The lowest BCUT2D eigenvalue weighted by molar-refractivity contribution is -0.0399. The molecule has 0 heterocycles. The molecule has 39 heavy (non-hydrogen) atoms. The standard InChI is InChI=1S/C38H33N/c1-2-10-31(11-3-1)39(32-15-14-27-8-4-5-9-28(27)23-32)33-16-17-37-35(24-33)34-12-6-7-13-36(34)38(37)29-19-25-18-26(21-29)22-30(38)20-25/h1-17,23-26,29-30H,18-22H2. The predicted octanol–water partition coefficient (Wildman–Crippen LogP) is 10.0. The van der Waals surface area contributed by atoms with E-state index in [-0.39, 0.29) is 5.41 Å². The molecule has 0 aromatic heterocycles. The maximum atomic E-state index is 2.53. The Kier molecular flexibility index (Phi) is 4.57. The van der Waals surface area contributed by atoms with Gasteiger partial charge in [0.2, 0.25) is 0 Å². The highest BCUT2D eigenvalue weighted by Gasteiger charge is 2.61. The van der Waals surface area contributed by atoms with Gasteiger partial charge < -0.3 is 4.90 Å². The summed E-state index contributed by atoms with van der Waals surface area (Å²) in [5.74, 6) is 3.53. The van der Waals surface area contributed by atoms with Crippen molar-refractivity contribution in [3.8, 4) is 11.1 Å². The first-order valence-electron chi connectivity index (χ1n) is 14.9. The lowest BCUT2D eigenvalue weighted by Crippen LogP contribution is -2.55. The summed E-state index contributed by atoms with van der Waals surface area (Å²) in [6.45, 7) is 0. The lowest BCUT2D eigenvalue weighted by Gasteiger charge is -2.61. The molecule has 5 aromatic rings. The van der Waals surface area contributed by atoms with Gasteiger partial charge in [0.15, 0.2) is 0 Å². The van der Waals surface area contributed by atoms with Gasteiger partial charge in [-0.1, -0.05) is 78.9 Å². The van der Waals surface area contributed by atoms with Crippen LogP contribution in [0.15, 0.2) is 115 Å². The SMILES string of the molecule is c1ccc(N(c2ccc3c(c2)-c2ccccc2C32C3CC4CC(C3)CC2C4)c2ccc3ccccc3c2)cc1. The van der Waals surface area contributed by atoms with Crippen molar-refractivity contribution in [3.05, 3.63) is 126 Å². The van der Waals surface area contributed by atoms with Gasteiger partial charge in [-0.15, -0.1) is 0 Å². The molecule has 4 saturated carbocycles. The van der Waals surface area contributed by atoms with Gasteiger partial charge in [-0.2, -0.15) is 0 Å². The molecule has 5 aliphatic carbocycles. The van der Waals surface area contributed by atoms with Crippen LogP contribution in [0.3, 0.4) is 0 Å². The molecule has 4 fully saturated rings. The summed E-state index contributed by atoms with van der Waals surface area (Å²) in [7, 11) is 0. The van der Waals surface area contributed by atoms with E-state index in [0.717, 1.165) is 23.7 Å². The van der Waals surface area contributed by atoms with Gasteiger partial charge in [0.1, 0.15) is 0 Å². The average Bonchev–Trinajstić information content (AvgIpc) is 3.27. The average molecular weight is 504 g/mol. The fourth-order valence-corrected chi connectivity index (χ4v) is 9.63. The van der Waals surface area contributed by atoms with Crippen LogP contribution in [0.4, 0.5) is 17.1 Å². The molecular formula is C38H33N. The van der Waals surface area contributed by atoms with Crippen LogP contribution in [0, 0.1) is 23.7 Å². The highest BCUT2D eigenvalue weighted by molar-refractivity contribution is 5.91. The Morgan fingerprint density at radius 2 is 1.08 bits per heavy atom. The van der Waals surface area contributed by atoms with E-state index in [1.54, 1.807) is 11.1 Å². The summed E-state index contributed by atoms with van der Waals surface area (Å²) >= 11 is 0. The molecule has 0 N–H and O–H groups in total. The van der Waals surface area contributed by atoms with Crippen LogP contribution in [0.5, 0.6) is 0 Å². The second-order valence-corrected chi connectivity index (χ2v) is 12.7. The Bertz CT molecular complexity index is 1700. The van der Waals surface area contributed by atoms with Gasteiger partial charge in [0, 0.05) is 22.5 Å². The quantitative estimate of drug-likeness (QED) is 0.237. The summed E-state index contributed by atoms with van der Waals surface area (Å²) in [4.78, 5) is 2.44. The highest BCUT2D eigenvalue weighted by atomic mass is 15.1. The third-order valence-corrected chi connectivity index (χ3v) is 10.8. The molecule has 0 unspecified atom stereocenters. The van der Waals surface area contributed by atoms with Crippen molar-refractivity contribution < 1.29 is 0 Å². The van der Waals surface area contributed by atoms with Crippen LogP contribution >= 0.6 is 0 Å². The molecule has 10 rings (SSSR count). The Hall–Kier alpha value is -3.84. The van der Waals surface area contributed by atoms with Crippen molar-refractivity contribution in [3.63, 3.8) is 0 Å². The summed E-state index contributed by atoms with van der Waals surface area (Å²) in [5.41, 5.74) is 10.1. The minimum absolute atomic E-state index is 0.221. The Labute approximate surface area is 231 Å². The van der Waals surface area contributed by atoms with Crippen molar-refractivity contribution in [2.75, 3.05) is 4.90 Å². The van der Waals surface area contributed by atoms with Crippen LogP contribution < -0.4 is 4.90 Å². The van der Waals surface area contributed by atoms with E-state index in [9.17, 15) is 0 Å². The molecule has 4 bridgehead atoms. The zero-order valence-electron chi connectivity index (χ0n) is 22.3. The maximum absolute atomic E-state index is 2.53. The van der Waals surface area contributed by atoms with E-state index in [0.29, 0.717) is 0 Å². The molecule has 1 nitrogen and oxygen atoms in total. The third kappa shape index (κ3) is 3.02. The molecule has 0 atom stereocenters. The first-order valence-corrected chi connectivity index (χ1v) is 14.9.